The highest BCUT2D eigenvalue weighted by Crippen LogP contribution is 2.34. The molecular formula is C16H22N6O2. The van der Waals surface area contributed by atoms with Crippen LogP contribution < -0.4 is 10.5 Å². The maximum Gasteiger partial charge on any atom is 0.316 e. The number of aromatic nitrogens is 4. The first-order chi connectivity index (χ1) is 11.5. The van der Waals surface area contributed by atoms with E-state index in [2.05, 4.69) is 20.0 Å². The van der Waals surface area contributed by atoms with E-state index >= 15 is 0 Å². The molecule has 2 aromatic rings. The summed E-state index contributed by atoms with van der Waals surface area (Å²) in [6, 6.07) is 2.20. The number of hydrogen-bond acceptors (Lipinski definition) is 6. The van der Waals surface area contributed by atoms with Crippen molar-refractivity contribution in [2.75, 3.05) is 20.2 Å². The Morgan fingerprint density at radius 1 is 1.46 bits per heavy atom. The van der Waals surface area contributed by atoms with Crippen LogP contribution >= 0.6 is 0 Å². The highest BCUT2D eigenvalue weighted by Gasteiger charge is 2.38. The third-order valence-corrected chi connectivity index (χ3v) is 4.69. The Balaban J connectivity index is 1.80. The molecule has 8 nitrogen and oxygen atoms in total. The third kappa shape index (κ3) is 3.09. The maximum atomic E-state index is 11.9. The van der Waals surface area contributed by atoms with Crippen LogP contribution in [0.25, 0.3) is 0 Å². The highest BCUT2D eigenvalue weighted by atomic mass is 16.5. The summed E-state index contributed by atoms with van der Waals surface area (Å²) in [5.74, 6) is -0.442. The Morgan fingerprint density at radius 3 is 2.88 bits per heavy atom. The zero-order chi connectivity index (χ0) is 17.3. The molecule has 2 aromatic heterocycles. The highest BCUT2D eigenvalue weighted by molar-refractivity contribution is 5.78. The summed E-state index contributed by atoms with van der Waals surface area (Å²) >= 11 is 0. The Morgan fingerprint density at radius 2 is 2.25 bits per heavy atom. The lowest BCUT2D eigenvalue weighted by Crippen LogP contribution is -2.29. The summed E-state index contributed by atoms with van der Waals surface area (Å²) in [4.78, 5) is 22.5. The normalized spacial score (nSPS) is 21.1. The number of nitrogens with two attached hydrogens (primary N) is 1. The van der Waals surface area contributed by atoms with Gasteiger partial charge in [-0.05, 0) is 18.6 Å². The number of carbonyl (C=O) groups excluding carboxylic acids is 1. The number of carbonyl (C=O) groups is 1. The van der Waals surface area contributed by atoms with E-state index in [9.17, 15) is 4.79 Å². The molecule has 1 amide bonds. The molecule has 8 heteroatoms. The average Bonchev–Trinajstić information content (AvgIpc) is 3.12. The topological polar surface area (TPSA) is 99.2 Å². The minimum absolute atomic E-state index is 0.0555. The molecule has 1 aliphatic rings. The van der Waals surface area contributed by atoms with Crippen LogP contribution in [-0.2, 0) is 18.4 Å². The molecule has 0 spiro atoms. The van der Waals surface area contributed by atoms with E-state index in [-0.39, 0.29) is 17.7 Å². The Kier molecular flexibility index (Phi) is 4.48. The van der Waals surface area contributed by atoms with Crippen LogP contribution in [0.1, 0.15) is 22.9 Å². The number of rotatable bonds is 5. The van der Waals surface area contributed by atoms with E-state index in [4.69, 9.17) is 10.5 Å². The van der Waals surface area contributed by atoms with Crippen LogP contribution in [0.2, 0.25) is 0 Å². The number of primary amides is 1. The van der Waals surface area contributed by atoms with Crippen molar-refractivity contribution in [2.24, 2.45) is 18.7 Å². The van der Waals surface area contributed by atoms with Gasteiger partial charge < -0.3 is 10.5 Å². The van der Waals surface area contributed by atoms with Gasteiger partial charge in [0.2, 0.25) is 5.91 Å². The molecule has 3 heterocycles. The lowest BCUT2D eigenvalue weighted by Gasteiger charge is -2.15. The number of methoxy groups -OCH3 is 1. The van der Waals surface area contributed by atoms with Crippen LogP contribution in [0.3, 0.4) is 0 Å². The molecule has 2 N–H and O–H groups in total. The lowest BCUT2D eigenvalue weighted by molar-refractivity contribution is -0.121. The Labute approximate surface area is 140 Å². The molecule has 0 aromatic carbocycles. The number of amides is 1. The number of nitrogens with zero attached hydrogens (tertiary/aromatic N) is 5. The molecule has 0 saturated carbocycles. The quantitative estimate of drug-likeness (QED) is 0.842. The number of likely N-dealkylation sites (tertiary alicyclic amines) is 1. The summed E-state index contributed by atoms with van der Waals surface area (Å²) in [6.07, 6.45) is 3.51. The molecule has 1 aliphatic heterocycles. The molecule has 3 rings (SSSR count). The first-order valence-corrected chi connectivity index (χ1v) is 7.85. The van der Waals surface area contributed by atoms with Gasteiger partial charge in [-0.15, -0.1) is 0 Å². The summed E-state index contributed by atoms with van der Waals surface area (Å²) < 4.78 is 6.89. The second-order valence-corrected chi connectivity index (χ2v) is 6.15. The van der Waals surface area contributed by atoms with E-state index in [0.29, 0.717) is 19.1 Å². The first kappa shape index (κ1) is 16.4. The minimum atomic E-state index is -0.272. The van der Waals surface area contributed by atoms with Crippen LogP contribution in [0.4, 0.5) is 0 Å². The summed E-state index contributed by atoms with van der Waals surface area (Å²) in [5.41, 5.74) is 8.65. The predicted molar refractivity (Wildman–Crippen MR) is 87.2 cm³/mol. The molecule has 0 aliphatic carbocycles. The summed E-state index contributed by atoms with van der Waals surface area (Å²) in [7, 11) is 3.44. The lowest BCUT2D eigenvalue weighted by atomic mass is 9.89. The van der Waals surface area contributed by atoms with Crippen LogP contribution in [0.5, 0.6) is 6.01 Å². The van der Waals surface area contributed by atoms with Gasteiger partial charge >= 0.3 is 6.01 Å². The molecule has 24 heavy (non-hydrogen) atoms. The van der Waals surface area contributed by atoms with Gasteiger partial charge in [-0.25, -0.2) is 4.98 Å². The number of hydrogen-bond donors (Lipinski definition) is 1. The van der Waals surface area contributed by atoms with Gasteiger partial charge in [-0.2, -0.15) is 10.1 Å². The zero-order valence-corrected chi connectivity index (χ0v) is 14.1. The predicted octanol–water partition coefficient (Wildman–Crippen LogP) is 0.228. The Bertz CT molecular complexity index is 744. The van der Waals surface area contributed by atoms with E-state index in [0.717, 1.165) is 23.5 Å². The van der Waals surface area contributed by atoms with E-state index in [1.54, 1.807) is 13.3 Å². The largest absolute Gasteiger partial charge is 0.467 e. The fourth-order valence-corrected chi connectivity index (χ4v) is 3.29. The van der Waals surface area contributed by atoms with Crippen molar-refractivity contribution in [3.8, 4) is 6.01 Å². The zero-order valence-electron chi connectivity index (χ0n) is 14.1. The van der Waals surface area contributed by atoms with Crippen molar-refractivity contribution in [1.82, 2.24) is 24.6 Å². The van der Waals surface area contributed by atoms with Gasteiger partial charge in [0.15, 0.2) is 0 Å². The first-order valence-electron chi connectivity index (χ1n) is 7.85. The van der Waals surface area contributed by atoms with Crippen molar-refractivity contribution in [2.45, 2.75) is 19.4 Å². The van der Waals surface area contributed by atoms with E-state index in [1.807, 2.05) is 30.9 Å². The molecule has 1 saturated heterocycles. The average molecular weight is 330 g/mol. The van der Waals surface area contributed by atoms with Gasteiger partial charge in [-0.1, -0.05) is 0 Å². The van der Waals surface area contributed by atoms with E-state index < -0.39 is 0 Å². The van der Waals surface area contributed by atoms with Crippen molar-refractivity contribution in [3.63, 3.8) is 0 Å². The second-order valence-electron chi connectivity index (χ2n) is 6.15. The van der Waals surface area contributed by atoms with Gasteiger partial charge in [-0.3, -0.25) is 14.4 Å². The van der Waals surface area contributed by atoms with Crippen LogP contribution in [-0.4, -0.2) is 50.8 Å². The molecule has 0 unspecified atom stereocenters. The van der Waals surface area contributed by atoms with Gasteiger partial charge in [0.25, 0.3) is 0 Å². The van der Waals surface area contributed by atoms with Gasteiger partial charge in [0.05, 0.1) is 24.9 Å². The SMILES string of the molecule is COc1nccc(CN2C[C@H](C(N)=O)[C@@H](c3cnn(C)c3C)C2)n1. The Hall–Kier alpha value is -2.48. The molecule has 1 fully saturated rings. The molecule has 0 radical (unpaired) electrons. The van der Waals surface area contributed by atoms with Crippen molar-refractivity contribution in [3.05, 3.63) is 35.4 Å². The smallest absolute Gasteiger partial charge is 0.316 e. The fourth-order valence-electron chi connectivity index (χ4n) is 3.29. The van der Waals surface area contributed by atoms with Crippen LogP contribution in [0, 0.1) is 12.8 Å². The van der Waals surface area contributed by atoms with Gasteiger partial charge in [0, 0.05) is 44.5 Å². The minimum Gasteiger partial charge on any atom is -0.467 e. The van der Waals surface area contributed by atoms with Crippen molar-refractivity contribution >= 4 is 5.91 Å². The number of aryl methyl sites for hydroxylation is 1. The molecule has 128 valence electrons. The maximum absolute atomic E-state index is 11.9. The molecular weight excluding hydrogens is 308 g/mol. The molecule has 0 bridgehead atoms. The fraction of sp³-hybridized carbons (Fsp3) is 0.500. The standard InChI is InChI=1S/C16H22N6O2/c1-10-12(6-19-21(10)2)13-8-22(9-14(13)15(17)23)7-11-4-5-18-16(20-11)24-3/h4-6,13-14H,7-9H2,1-3H3,(H2,17,23)/t13-,14+/m1/s1. The summed E-state index contributed by atoms with van der Waals surface area (Å²) in [6.45, 7) is 3.99. The third-order valence-electron chi connectivity index (χ3n) is 4.69. The van der Waals surface area contributed by atoms with Crippen molar-refractivity contribution < 1.29 is 9.53 Å². The second kappa shape index (κ2) is 6.56. The monoisotopic (exact) mass is 330 g/mol. The number of ether oxygens (including phenoxy) is 1. The van der Waals surface area contributed by atoms with E-state index in [1.165, 1.54) is 0 Å². The molecule has 2 atom stereocenters. The van der Waals surface area contributed by atoms with Crippen molar-refractivity contribution in [1.29, 1.82) is 0 Å². The van der Waals surface area contributed by atoms with Crippen LogP contribution in [0.15, 0.2) is 18.5 Å². The van der Waals surface area contributed by atoms with Gasteiger partial charge in [0.1, 0.15) is 0 Å². The summed E-state index contributed by atoms with van der Waals surface area (Å²) in [5, 5.41) is 4.30.